The minimum absolute atomic E-state index is 0.0612. The maximum absolute atomic E-state index is 13.6. The van der Waals surface area contributed by atoms with Crippen LogP contribution in [0.1, 0.15) is 24.2 Å². The Balaban J connectivity index is 2.82. The number of carbonyl (C=O) groups is 1. The van der Waals surface area contributed by atoms with Crippen LogP contribution in [0.2, 0.25) is 0 Å². The number of alkyl halides is 1. The molecule has 1 aromatic carbocycles. The first-order chi connectivity index (χ1) is 7.95. The molecule has 1 amide bonds. The molecule has 0 aromatic heterocycles. The second-order valence-corrected chi connectivity index (χ2v) is 5.90. The molecule has 0 spiro atoms. The number of rotatable bonds is 4. The molecule has 1 unspecified atom stereocenters. The van der Waals surface area contributed by atoms with Gasteiger partial charge in [-0.15, -0.1) is 0 Å². The summed E-state index contributed by atoms with van der Waals surface area (Å²) in [5.74, 6) is -0.535. The monoisotopic (exact) mass is 413 g/mol. The number of hydrogen-bond acceptors (Lipinski definition) is 1. The minimum atomic E-state index is -0.507. The lowest BCUT2D eigenvalue weighted by molar-refractivity contribution is 0.0928. The van der Waals surface area contributed by atoms with Crippen molar-refractivity contribution < 1.29 is 9.18 Å². The highest BCUT2D eigenvalue weighted by Crippen LogP contribution is 2.16. The fraction of sp³-hybridized carbons (Fsp3) is 0.417. The van der Waals surface area contributed by atoms with Gasteiger partial charge in [0.25, 0.3) is 5.91 Å². The zero-order valence-electron chi connectivity index (χ0n) is 9.64. The second kappa shape index (κ2) is 6.68. The summed E-state index contributed by atoms with van der Waals surface area (Å²) < 4.78 is 15.0. The van der Waals surface area contributed by atoms with Gasteiger partial charge in [0.05, 0.1) is 5.56 Å². The fourth-order valence-electron chi connectivity index (χ4n) is 1.30. The summed E-state index contributed by atoms with van der Waals surface area (Å²) in [5.41, 5.74) is 0.0868. The normalized spacial score (nSPS) is 12.6. The molecule has 0 heterocycles. The van der Waals surface area contributed by atoms with Crippen LogP contribution in [-0.2, 0) is 0 Å². The van der Waals surface area contributed by atoms with Crippen molar-refractivity contribution in [2.45, 2.75) is 19.9 Å². The van der Waals surface area contributed by atoms with Gasteiger partial charge in [0.1, 0.15) is 5.82 Å². The third-order valence-corrected chi connectivity index (χ3v) is 3.91. The molecule has 0 aliphatic carbocycles. The Labute approximate surface area is 123 Å². The molecule has 1 N–H and O–H groups in total. The van der Waals surface area contributed by atoms with Crippen LogP contribution in [0, 0.1) is 11.7 Å². The Kier molecular flexibility index (Phi) is 5.85. The van der Waals surface area contributed by atoms with E-state index < -0.39 is 5.82 Å². The number of nitrogens with one attached hydrogen (secondary N) is 1. The zero-order chi connectivity index (χ0) is 13.0. The minimum Gasteiger partial charge on any atom is -0.348 e. The molecule has 0 aliphatic rings. The molecule has 0 radical (unpaired) electrons. The van der Waals surface area contributed by atoms with E-state index >= 15 is 0 Å². The number of amides is 1. The molecule has 1 aromatic rings. The Hall–Kier alpha value is -0.170. The molecule has 94 valence electrons. The van der Waals surface area contributed by atoms with Crippen LogP contribution in [0.25, 0.3) is 0 Å². The van der Waals surface area contributed by atoms with Crippen LogP contribution in [-0.4, -0.2) is 16.4 Å². The molecule has 0 saturated carbocycles. The second-order valence-electron chi connectivity index (χ2n) is 4.10. The number of benzene rings is 1. The summed E-state index contributed by atoms with van der Waals surface area (Å²) in [6.45, 7) is 4.06. The van der Waals surface area contributed by atoms with E-state index in [1.807, 2.05) is 13.8 Å². The smallest absolute Gasteiger partial charge is 0.254 e. The van der Waals surface area contributed by atoms with Crippen molar-refractivity contribution in [1.29, 1.82) is 0 Å². The molecular formula is C12H14BrFINO. The Morgan fingerprint density at radius 2 is 2.18 bits per heavy atom. The van der Waals surface area contributed by atoms with Gasteiger partial charge in [-0.05, 0) is 24.1 Å². The van der Waals surface area contributed by atoms with E-state index in [2.05, 4.69) is 43.8 Å². The van der Waals surface area contributed by atoms with Gasteiger partial charge < -0.3 is 5.32 Å². The summed E-state index contributed by atoms with van der Waals surface area (Å²) in [7, 11) is 0. The Morgan fingerprint density at radius 1 is 1.53 bits per heavy atom. The maximum Gasteiger partial charge on any atom is 0.254 e. The summed E-state index contributed by atoms with van der Waals surface area (Å²) in [6, 6.07) is 4.50. The molecular weight excluding hydrogens is 400 g/mol. The van der Waals surface area contributed by atoms with Crippen molar-refractivity contribution in [3.63, 3.8) is 0 Å². The summed E-state index contributed by atoms with van der Waals surface area (Å²) in [4.78, 5) is 11.9. The number of hydrogen-bond donors (Lipinski definition) is 1. The molecule has 0 saturated heterocycles. The van der Waals surface area contributed by atoms with Crippen LogP contribution < -0.4 is 5.32 Å². The SMILES string of the molecule is CC(C)C(CI)NC(=O)c1ccc(Br)cc1F. The molecule has 17 heavy (non-hydrogen) atoms. The van der Waals surface area contributed by atoms with Crippen molar-refractivity contribution in [1.82, 2.24) is 5.32 Å². The van der Waals surface area contributed by atoms with E-state index in [1.54, 1.807) is 6.07 Å². The van der Waals surface area contributed by atoms with Crippen LogP contribution in [0.3, 0.4) is 0 Å². The topological polar surface area (TPSA) is 29.1 Å². The average Bonchev–Trinajstić information content (AvgIpc) is 2.24. The molecule has 2 nitrogen and oxygen atoms in total. The molecule has 0 bridgehead atoms. The first kappa shape index (κ1) is 14.9. The van der Waals surface area contributed by atoms with Crippen LogP contribution in [0.15, 0.2) is 22.7 Å². The lowest BCUT2D eigenvalue weighted by atomic mass is 10.1. The molecule has 1 rings (SSSR count). The lowest BCUT2D eigenvalue weighted by Crippen LogP contribution is -2.40. The number of halogens is 3. The first-order valence-corrected chi connectivity index (χ1v) is 7.59. The van der Waals surface area contributed by atoms with E-state index in [1.165, 1.54) is 12.1 Å². The van der Waals surface area contributed by atoms with E-state index in [-0.39, 0.29) is 17.5 Å². The van der Waals surface area contributed by atoms with Crippen LogP contribution in [0.5, 0.6) is 0 Å². The van der Waals surface area contributed by atoms with Crippen LogP contribution in [0.4, 0.5) is 4.39 Å². The fourth-order valence-corrected chi connectivity index (χ4v) is 2.87. The highest BCUT2D eigenvalue weighted by Gasteiger charge is 2.18. The number of carbonyl (C=O) groups excluding carboxylic acids is 1. The molecule has 5 heteroatoms. The highest BCUT2D eigenvalue weighted by molar-refractivity contribution is 14.1. The van der Waals surface area contributed by atoms with Gasteiger partial charge >= 0.3 is 0 Å². The third-order valence-electron chi connectivity index (χ3n) is 2.46. The van der Waals surface area contributed by atoms with Crippen molar-refractivity contribution in [2.75, 3.05) is 4.43 Å². The van der Waals surface area contributed by atoms with Gasteiger partial charge in [-0.2, -0.15) is 0 Å². The summed E-state index contributed by atoms with van der Waals surface area (Å²) >= 11 is 5.38. The van der Waals surface area contributed by atoms with E-state index in [9.17, 15) is 9.18 Å². The van der Waals surface area contributed by atoms with Gasteiger partial charge in [0.15, 0.2) is 0 Å². The van der Waals surface area contributed by atoms with E-state index in [4.69, 9.17) is 0 Å². The zero-order valence-corrected chi connectivity index (χ0v) is 13.4. The summed E-state index contributed by atoms with van der Waals surface area (Å²) in [6.07, 6.45) is 0. The standard InChI is InChI=1S/C12H14BrFINO/c1-7(2)11(6-15)16-12(17)9-4-3-8(13)5-10(9)14/h3-5,7,11H,6H2,1-2H3,(H,16,17). The maximum atomic E-state index is 13.6. The Morgan fingerprint density at radius 3 is 2.65 bits per heavy atom. The average molecular weight is 414 g/mol. The first-order valence-electron chi connectivity index (χ1n) is 5.27. The van der Waals surface area contributed by atoms with Crippen molar-refractivity contribution in [2.24, 2.45) is 5.92 Å². The van der Waals surface area contributed by atoms with Crippen molar-refractivity contribution in [3.05, 3.63) is 34.1 Å². The molecule has 1 atom stereocenters. The van der Waals surface area contributed by atoms with Crippen molar-refractivity contribution >= 4 is 44.4 Å². The predicted molar refractivity (Wildman–Crippen MR) is 79.1 cm³/mol. The van der Waals surface area contributed by atoms with E-state index in [0.29, 0.717) is 10.4 Å². The van der Waals surface area contributed by atoms with E-state index in [0.717, 1.165) is 4.43 Å². The van der Waals surface area contributed by atoms with Gasteiger partial charge in [-0.25, -0.2) is 4.39 Å². The van der Waals surface area contributed by atoms with Crippen molar-refractivity contribution in [3.8, 4) is 0 Å². The van der Waals surface area contributed by atoms with Gasteiger partial charge in [0, 0.05) is 14.9 Å². The summed E-state index contributed by atoms with van der Waals surface area (Å²) in [5, 5.41) is 2.84. The van der Waals surface area contributed by atoms with Gasteiger partial charge in [0.2, 0.25) is 0 Å². The van der Waals surface area contributed by atoms with Crippen LogP contribution >= 0.6 is 38.5 Å². The predicted octanol–water partition coefficient (Wildman–Crippen LogP) is 3.78. The largest absolute Gasteiger partial charge is 0.348 e. The quantitative estimate of drug-likeness (QED) is 0.590. The van der Waals surface area contributed by atoms with Gasteiger partial charge in [-0.1, -0.05) is 52.4 Å². The van der Waals surface area contributed by atoms with Gasteiger partial charge in [-0.3, -0.25) is 4.79 Å². The molecule has 0 aliphatic heterocycles. The highest BCUT2D eigenvalue weighted by atomic mass is 127. The lowest BCUT2D eigenvalue weighted by Gasteiger charge is -2.20. The third kappa shape index (κ3) is 4.21. The molecule has 0 fully saturated rings. The Bertz CT molecular complexity index is 411.